The third-order valence-electron chi connectivity index (χ3n) is 4.05. The highest BCUT2D eigenvalue weighted by Gasteiger charge is 2.32. The molecule has 0 bridgehead atoms. The first kappa shape index (κ1) is 18.9. The van der Waals surface area contributed by atoms with Crippen LogP contribution in [0.4, 0.5) is 4.39 Å². The second kappa shape index (κ2) is 8.12. The van der Waals surface area contributed by atoms with Crippen LogP contribution in [0.3, 0.4) is 0 Å². The van der Waals surface area contributed by atoms with Crippen molar-refractivity contribution in [1.82, 2.24) is 5.32 Å². The van der Waals surface area contributed by atoms with Gasteiger partial charge >= 0.3 is 0 Å². The molecule has 2 aromatic carbocycles. The van der Waals surface area contributed by atoms with Gasteiger partial charge in [0.1, 0.15) is 24.3 Å². The topological polar surface area (TPSA) is 58.6 Å². The maximum atomic E-state index is 13.9. The SMILES string of the molecule is Cc1cccc(OCC(O)CNC(=O)C(C)(C)c2ccccc2F)c1. The molecule has 1 amide bonds. The van der Waals surface area contributed by atoms with E-state index in [9.17, 15) is 14.3 Å². The van der Waals surface area contributed by atoms with Crippen LogP contribution in [-0.2, 0) is 10.2 Å². The minimum Gasteiger partial charge on any atom is -0.491 e. The van der Waals surface area contributed by atoms with Crippen molar-refractivity contribution in [2.45, 2.75) is 32.3 Å². The van der Waals surface area contributed by atoms with E-state index < -0.39 is 17.3 Å². The van der Waals surface area contributed by atoms with E-state index in [1.807, 2.05) is 25.1 Å². The zero-order valence-corrected chi connectivity index (χ0v) is 14.8. The molecule has 0 saturated carbocycles. The molecule has 0 fully saturated rings. The normalized spacial score (nSPS) is 12.5. The van der Waals surface area contributed by atoms with E-state index in [2.05, 4.69) is 5.32 Å². The second-order valence-electron chi connectivity index (χ2n) is 6.60. The van der Waals surface area contributed by atoms with Gasteiger partial charge < -0.3 is 15.2 Å². The summed E-state index contributed by atoms with van der Waals surface area (Å²) in [5.74, 6) is -0.116. The lowest BCUT2D eigenvalue weighted by Crippen LogP contribution is -2.44. The van der Waals surface area contributed by atoms with Crippen LogP contribution >= 0.6 is 0 Å². The predicted molar refractivity (Wildman–Crippen MR) is 95.1 cm³/mol. The minimum atomic E-state index is -1.04. The highest BCUT2D eigenvalue weighted by atomic mass is 19.1. The van der Waals surface area contributed by atoms with E-state index in [4.69, 9.17) is 4.74 Å². The highest BCUT2D eigenvalue weighted by Crippen LogP contribution is 2.25. The lowest BCUT2D eigenvalue weighted by atomic mass is 9.83. The molecule has 1 atom stereocenters. The number of hydrogen-bond donors (Lipinski definition) is 2. The van der Waals surface area contributed by atoms with Crippen molar-refractivity contribution in [1.29, 1.82) is 0 Å². The predicted octanol–water partition coefficient (Wildman–Crippen LogP) is 2.97. The summed E-state index contributed by atoms with van der Waals surface area (Å²) in [7, 11) is 0. The van der Waals surface area contributed by atoms with Gasteiger partial charge in [-0.15, -0.1) is 0 Å². The molecule has 0 aliphatic carbocycles. The van der Waals surface area contributed by atoms with Crippen molar-refractivity contribution in [3.05, 3.63) is 65.5 Å². The maximum Gasteiger partial charge on any atom is 0.230 e. The van der Waals surface area contributed by atoms with Gasteiger partial charge in [0, 0.05) is 12.1 Å². The molecular formula is C20H24FNO3. The number of rotatable bonds is 7. The van der Waals surface area contributed by atoms with Crippen LogP contribution in [0.1, 0.15) is 25.0 Å². The number of benzene rings is 2. The first-order valence-corrected chi connectivity index (χ1v) is 8.21. The summed E-state index contributed by atoms with van der Waals surface area (Å²) in [6.07, 6.45) is -0.860. The molecule has 0 radical (unpaired) electrons. The summed E-state index contributed by atoms with van der Waals surface area (Å²) in [6, 6.07) is 13.7. The minimum absolute atomic E-state index is 0.0303. The molecule has 134 valence electrons. The standard InChI is InChI=1S/C20H24FNO3/c1-14-7-6-8-16(11-14)25-13-15(23)12-22-19(24)20(2,3)17-9-4-5-10-18(17)21/h4-11,15,23H,12-13H2,1-3H3,(H,22,24). The molecule has 2 N–H and O–H groups in total. The Morgan fingerprint density at radius 1 is 1.24 bits per heavy atom. The fourth-order valence-corrected chi connectivity index (χ4v) is 2.48. The summed E-state index contributed by atoms with van der Waals surface area (Å²) < 4.78 is 19.4. The summed E-state index contributed by atoms with van der Waals surface area (Å²) in [6.45, 7) is 5.34. The molecule has 2 rings (SSSR count). The Labute approximate surface area is 147 Å². The van der Waals surface area contributed by atoms with Crippen molar-refractivity contribution < 1.29 is 19.0 Å². The Kier molecular flexibility index (Phi) is 6.15. The number of hydrogen-bond acceptors (Lipinski definition) is 3. The van der Waals surface area contributed by atoms with Crippen LogP contribution in [-0.4, -0.2) is 30.3 Å². The highest BCUT2D eigenvalue weighted by molar-refractivity contribution is 5.87. The van der Waals surface area contributed by atoms with E-state index >= 15 is 0 Å². The molecule has 0 heterocycles. The molecule has 0 saturated heterocycles. The fourth-order valence-electron chi connectivity index (χ4n) is 2.48. The molecule has 0 aromatic heterocycles. The Hall–Kier alpha value is -2.40. The van der Waals surface area contributed by atoms with E-state index in [1.54, 1.807) is 38.1 Å². The second-order valence-corrected chi connectivity index (χ2v) is 6.60. The number of carbonyl (C=O) groups excluding carboxylic acids is 1. The van der Waals surface area contributed by atoms with Crippen LogP contribution in [0.2, 0.25) is 0 Å². The van der Waals surface area contributed by atoms with Crippen molar-refractivity contribution in [2.75, 3.05) is 13.2 Å². The molecule has 0 aliphatic heterocycles. The van der Waals surface area contributed by atoms with Gasteiger partial charge in [-0.3, -0.25) is 4.79 Å². The Balaban J connectivity index is 1.87. The lowest BCUT2D eigenvalue weighted by Gasteiger charge is -2.25. The quantitative estimate of drug-likeness (QED) is 0.811. The number of halogens is 1. The molecule has 4 nitrogen and oxygen atoms in total. The van der Waals surface area contributed by atoms with E-state index in [0.29, 0.717) is 11.3 Å². The van der Waals surface area contributed by atoms with Gasteiger partial charge in [0.25, 0.3) is 0 Å². The lowest BCUT2D eigenvalue weighted by molar-refractivity contribution is -0.126. The Morgan fingerprint density at radius 2 is 1.96 bits per heavy atom. The third kappa shape index (κ3) is 5.03. The van der Waals surface area contributed by atoms with Crippen LogP contribution in [0.5, 0.6) is 5.75 Å². The first-order chi connectivity index (χ1) is 11.8. The van der Waals surface area contributed by atoms with Gasteiger partial charge in [-0.2, -0.15) is 0 Å². The smallest absolute Gasteiger partial charge is 0.230 e. The van der Waals surface area contributed by atoms with Crippen molar-refractivity contribution >= 4 is 5.91 Å². The molecule has 0 aliphatic rings. The first-order valence-electron chi connectivity index (χ1n) is 8.21. The van der Waals surface area contributed by atoms with Gasteiger partial charge in [-0.1, -0.05) is 30.3 Å². The third-order valence-corrected chi connectivity index (χ3v) is 4.05. The molecular weight excluding hydrogens is 321 g/mol. The van der Waals surface area contributed by atoms with Crippen molar-refractivity contribution in [3.63, 3.8) is 0 Å². The van der Waals surface area contributed by atoms with Crippen LogP contribution in [0.25, 0.3) is 0 Å². The summed E-state index contributed by atoms with van der Waals surface area (Å²) >= 11 is 0. The zero-order valence-electron chi connectivity index (χ0n) is 14.8. The fraction of sp³-hybridized carbons (Fsp3) is 0.350. The van der Waals surface area contributed by atoms with Gasteiger partial charge in [0.2, 0.25) is 5.91 Å². The van der Waals surface area contributed by atoms with Crippen molar-refractivity contribution in [2.24, 2.45) is 0 Å². The monoisotopic (exact) mass is 345 g/mol. The molecule has 1 unspecified atom stereocenters. The number of nitrogens with one attached hydrogen (secondary N) is 1. The average Bonchev–Trinajstić information content (AvgIpc) is 2.58. The number of aliphatic hydroxyl groups excluding tert-OH is 1. The summed E-state index contributed by atoms with van der Waals surface area (Å²) in [5.41, 5.74) is 0.340. The zero-order chi connectivity index (χ0) is 18.4. The summed E-state index contributed by atoms with van der Waals surface area (Å²) in [5, 5.41) is 12.7. The number of amides is 1. The van der Waals surface area contributed by atoms with E-state index in [-0.39, 0.29) is 19.1 Å². The van der Waals surface area contributed by atoms with E-state index in [1.165, 1.54) is 6.07 Å². The molecule has 5 heteroatoms. The largest absolute Gasteiger partial charge is 0.491 e. The van der Waals surface area contributed by atoms with Crippen LogP contribution in [0, 0.1) is 12.7 Å². The van der Waals surface area contributed by atoms with Gasteiger partial charge in [-0.25, -0.2) is 4.39 Å². The number of aryl methyl sites for hydroxylation is 1. The number of carbonyl (C=O) groups is 1. The van der Waals surface area contributed by atoms with Crippen molar-refractivity contribution in [3.8, 4) is 5.75 Å². The van der Waals surface area contributed by atoms with Gasteiger partial charge in [0.15, 0.2) is 0 Å². The van der Waals surface area contributed by atoms with Gasteiger partial charge in [0.05, 0.1) is 5.41 Å². The number of ether oxygens (including phenoxy) is 1. The average molecular weight is 345 g/mol. The van der Waals surface area contributed by atoms with Crippen LogP contribution < -0.4 is 10.1 Å². The Bertz CT molecular complexity index is 730. The number of aliphatic hydroxyl groups is 1. The molecule has 0 spiro atoms. The summed E-state index contributed by atoms with van der Waals surface area (Å²) in [4.78, 5) is 12.4. The molecule has 25 heavy (non-hydrogen) atoms. The van der Waals surface area contributed by atoms with E-state index in [0.717, 1.165) is 5.56 Å². The maximum absolute atomic E-state index is 13.9. The van der Waals surface area contributed by atoms with Gasteiger partial charge in [-0.05, 0) is 44.5 Å². The Morgan fingerprint density at radius 3 is 2.64 bits per heavy atom. The molecule has 2 aromatic rings. The van der Waals surface area contributed by atoms with Crippen LogP contribution in [0.15, 0.2) is 48.5 Å².